The maximum Gasteiger partial charge on any atom is 0.160 e. The summed E-state index contributed by atoms with van der Waals surface area (Å²) in [6.45, 7) is 0. The van der Waals surface area contributed by atoms with Crippen LogP contribution in [0.4, 0.5) is 0 Å². The molecule has 0 aliphatic heterocycles. The lowest BCUT2D eigenvalue weighted by Crippen LogP contribution is -2.28. The lowest BCUT2D eigenvalue weighted by atomic mass is 9.67. The molecule has 11 aromatic rings. The van der Waals surface area contributed by atoms with E-state index in [0.717, 1.165) is 61.4 Å². The van der Waals surface area contributed by atoms with E-state index in [1.165, 1.54) is 44.2 Å². The van der Waals surface area contributed by atoms with Gasteiger partial charge in [-0.05, 0) is 68.1 Å². The first-order valence-corrected chi connectivity index (χ1v) is 21.5. The quantitative estimate of drug-likeness (QED) is 0.151. The fourth-order valence-corrected chi connectivity index (χ4v) is 9.94. The molecule has 0 bridgehead atoms. The van der Waals surface area contributed by atoms with Crippen molar-refractivity contribution in [2.75, 3.05) is 0 Å². The van der Waals surface area contributed by atoms with E-state index in [1.807, 2.05) is 36.4 Å². The molecule has 0 fully saturated rings. The van der Waals surface area contributed by atoms with Gasteiger partial charge in [0.05, 0.1) is 28.0 Å². The molecule has 3 nitrogen and oxygen atoms in total. The van der Waals surface area contributed by atoms with E-state index >= 15 is 0 Å². The zero-order valence-corrected chi connectivity index (χ0v) is 34.4. The number of pyridine rings is 1. The molecule has 1 aliphatic rings. The van der Waals surface area contributed by atoms with Crippen molar-refractivity contribution in [3.05, 3.63) is 259 Å². The van der Waals surface area contributed by atoms with Crippen molar-refractivity contribution in [1.29, 1.82) is 0 Å². The minimum absolute atomic E-state index is 0.511. The van der Waals surface area contributed by atoms with E-state index in [9.17, 15) is 0 Å². The second-order valence-electron chi connectivity index (χ2n) is 16.3. The Hall–Kier alpha value is -8.27. The second kappa shape index (κ2) is 15.0. The zero-order chi connectivity index (χ0) is 41.7. The van der Waals surface area contributed by atoms with Gasteiger partial charge in [0, 0.05) is 33.0 Å². The summed E-state index contributed by atoms with van der Waals surface area (Å²) in [5, 5.41) is 3.52. The van der Waals surface area contributed by atoms with Gasteiger partial charge in [0.1, 0.15) is 0 Å². The van der Waals surface area contributed by atoms with Gasteiger partial charge in [0.15, 0.2) is 5.82 Å². The molecule has 0 saturated heterocycles. The van der Waals surface area contributed by atoms with Crippen molar-refractivity contribution in [2.24, 2.45) is 0 Å². The summed E-state index contributed by atoms with van der Waals surface area (Å²) < 4.78 is 0. The standard InChI is InChI=1S/C60H39N3/c1-5-18-41(19-6-1)54-39-55(63-59(62-54)43-20-7-2-8-21-43)42-34-32-40(33-35-42)44-22-17-23-45(38-44)58-57-49(48-28-14-16-31-53(48)61-58)36-37-52-56(57)50-29-13-15-30-51(50)60(52,46-24-9-3-10-25-46)47-26-11-4-12-27-47/h1-39H. The lowest BCUT2D eigenvalue weighted by molar-refractivity contribution is 0.769. The lowest BCUT2D eigenvalue weighted by Gasteiger charge is -2.34. The maximum atomic E-state index is 5.56. The Morgan fingerprint density at radius 3 is 1.56 bits per heavy atom. The van der Waals surface area contributed by atoms with E-state index < -0.39 is 5.41 Å². The number of fused-ring (bicyclic) bond motifs is 7. The summed E-state index contributed by atoms with van der Waals surface area (Å²) in [7, 11) is 0. The Labute approximate surface area is 366 Å². The highest BCUT2D eigenvalue weighted by Crippen LogP contribution is 2.59. The minimum Gasteiger partial charge on any atom is -0.247 e. The Kier molecular flexibility index (Phi) is 8.72. The van der Waals surface area contributed by atoms with Gasteiger partial charge < -0.3 is 0 Å². The molecule has 2 aromatic heterocycles. The highest BCUT2D eigenvalue weighted by Gasteiger charge is 2.47. The Bertz CT molecular complexity index is 3380. The number of rotatable bonds is 7. The molecule has 9 aromatic carbocycles. The van der Waals surface area contributed by atoms with Crippen LogP contribution in [0.15, 0.2) is 237 Å². The number of para-hydroxylation sites is 1. The average Bonchev–Trinajstić information content (AvgIpc) is 3.68. The van der Waals surface area contributed by atoms with Crippen molar-refractivity contribution in [1.82, 2.24) is 15.0 Å². The van der Waals surface area contributed by atoms with Crippen LogP contribution in [0.5, 0.6) is 0 Å². The fourth-order valence-electron chi connectivity index (χ4n) is 9.94. The van der Waals surface area contributed by atoms with Gasteiger partial charge in [-0.2, -0.15) is 0 Å². The van der Waals surface area contributed by atoms with E-state index in [2.05, 4.69) is 200 Å². The summed E-state index contributed by atoms with van der Waals surface area (Å²) in [6, 6.07) is 84.6. The third-order valence-electron chi connectivity index (χ3n) is 12.8. The number of nitrogens with zero attached hydrogens (tertiary/aromatic N) is 3. The van der Waals surface area contributed by atoms with Crippen molar-refractivity contribution in [3.63, 3.8) is 0 Å². The van der Waals surface area contributed by atoms with Crippen LogP contribution in [-0.2, 0) is 5.41 Å². The first kappa shape index (κ1) is 36.6. The number of aromatic nitrogens is 3. The van der Waals surface area contributed by atoms with Crippen molar-refractivity contribution in [2.45, 2.75) is 5.41 Å². The van der Waals surface area contributed by atoms with E-state index in [1.54, 1.807) is 0 Å². The molecule has 0 saturated carbocycles. The molecule has 294 valence electrons. The normalized spacial score (nSPS) is 12.6. The van der Waals surface area contributed by atoms with Crippen LogP contribution in [0.25, 0.3) is 89.1 Å². The molecular weight excluding hydrogens is 763 g/mol. The fraction of sp³-hybridized carbons (Fsp3) is 0.0167. The highest BCUT2D eigenvalue weighted by atomic mass is 14.9. The van der Waals surface area contributed by atoms with E-state index in [-0.39, 0.29) is 0 Å². The van der Waals surface area contributed by atoms with Crippen LogP contribution >= 0.6 is 0 Å². The maximum absolute atomic E-state index is 5.56. The van der Waals surface area contributed by atoms with Gasteiger partial charge >= 0.3 is 0 Å². The van der Waals surface area contributed by atoms with E-state index in [0.29, 0.717) is 5.82 Å². The van der Waals surface area contributed by atoms with Gasteiger partial charge in [-0.3, -0.25) is 0 Å². The number of hydrogen-bond donors (Lipinski definition) is 0. The first-order chi connectivity index (χ1) is 31.2. The summed E-state index contributed by atoms with van der Waals surface area (Å²) in [5.41, 5.74) is 17.2. The number of benzene rings is 9. The molecule has 2 heterocycles. The molecule has 0 radical (unpaired) electrons. The third-order valence-corrected chi connectivity index (χ3v) is 12.8. The Balaban J connectivity index is 1.03. The van der Waals surface area contributed by atoms with E-state index in [4.69, 9.17) is 15.0 Å². The molecule has 0 spiro atoms. The predicted octanol–water partition coefficient (Wildman–Crippen LogP) is 14.9. The van der Waals surface area contributed by atoms with Gasteiger partial charge in [0.2, 0.25) is 0 Å². The zero-order valence-electron chi connectivity index (χ0n) is 34.4. The van der Waals surface area contributed by atoms with Gasteiger partial charge in [0.25, 0.3) is 0 Å². The summed E-state index contributed by atoms with van der Waals surface area (Å²) in [5.74, 6) is 0.706. The van der Waals surface area contributed by atoms with Crippen molar-refractivity contribution >= 4 is 21.7 Å². The number of hydrogen-bond acceptors (Lipinski definition) is 3. The van der Waals surface area contributed by atoms with Crippen LogP contribution in [0.1, 0.15) is 22.3 Å². The van der Waals surface area contributed by atoms with Crippen LogP contribution < -0.4 is 0 Å². The monoisotopic (exact) mass is 801 g/mol. The first-order valence-electron chi connectivity index (χ1n) is 21.5. The second-order valence-corrected chi connectivity index (χ2v) is 16.3. The molecule has 63 heavy (non-hydrogen) atoms. The van der Waals surface area contributed by atoms with Crippen LogP contribution in [0, 0.1) is 0 Å². The third kappa shape index (κ3) is 6.01. The highest BCUT2D eigenvalue weighted by molar-refractivity contribution is 6.18. The smallest absolute Gasteiger partial charge is 0.160 e. The molecule has 0 N–H and O–H groups in total. The molecule has 12 rings (SSSR count). The van der Waals surface area contributed by atoms with Gasteiger partial charge in [-0.1, -0.05) is 218 Å². The molecular formula is C60H39N3. The Morgan fingerprint density at radius 1 is 0.317 bits per heavy atom. The topological polar surface area (TPSA) is 38.7 Å². The SMILES string of the molecule is c1ccc(-c2cc(-c3ccc(-c4cccc(-c5nc6ccccc6c6ccc7c(c56)-c5ccccc5C7(c5ccccc5)c5ccccc5)c4)cc3)nc(-c3ccccc3)n2)cc1. The van der Waals surface area contributed by atoms with Crippen molar-refractivity contribution < 1.29 is 0 Å². The molecule has 0 amide bonds. The van der Waals surface area contributed by atoms with Crippen LogP contribution in [0.3, 0.4) is 0 Å². The van der Waals surface area contributed by atoms with Gasteiger partial charge in [-0.15, -0.1) is 0 Å². The van der Waals surface area contributed by atoms with Crippen LogP contribution in [0.2, 0.25) is 0 Å². The molecule has 3 heteroatoms. The van der Waals surface area contributed by atoms with Crippen LogP contribution in [-0.4, -0.2) is 15.0 Å². The average molecular weight is 802 g/mol. The summed E-state index contributed by atoms with van der Waals surface area (Å²) in [6.07, 6.45) is 0. The molecule has 0 atom stereocenters. The largest absolute Gasteiger partial charge is 0.247 e. The molecule has 0 unspecified atom stereocenters. The predicted molar refractivity (Wildman–Crippen MR) is 259 cm³/mol. The minimum atomic E-state index is -0.511. The summed E-state index contributed by atoms with van der Waals surface area (Å²) >= 11 is 0. The van der Waals surface area contributed by atoms with Gasteiger partial charge in [-0.25, -0.2) is 15.0 Å². The summed E-state index contributed by atoms with van der Waals surface area (Å²) in [4.78, 5) is 15.6. The molecule has 1 aliphatic carbocycles. The Morgan fingerprint density at radius 2 is 0.857 bits per heavy atom. The van der Waals surface area contributed by atoms with Crippen molar-refractivity contribution in [3.8, 4) is 67.4 Å².